The molecule has 1 aliphatic carbocycles. The fourth-order valence-corrected chi connectivity index (χ4v) is 1.35. The van der Waals surface area contributed by atoms with E-state index >= 15 is 0 Å². The molecule has 0 spiro atoms. The highest BCUT2D eigenvalue weighted by molar-refractivity contribution is 5.83. The van der Waals surface area contributed by atoms with Gasteiger partial charge >= 0.3 is 5.97 Å². The highest BCUT2D eigenvalue weighted by atomic mass is 16.6. The zero-order valence-electron chi connectivity index (χ0n) is 8.43. The third-order valence-corrected chi connectivity index (χ3v) is 2.20. The molecule has 0 heterocycles. The highest BCUT2D eigenvalue weighted by Crippen LogP contribution is 2.26. The average Bonchev–Trinajstić information content (AvgIpc) is 2.27. The Morgan fingerprint density at radius 1 is 1.60 bits per heavy atom. The zero-order valence-corrected chi connectivity index (χ0v) is 8.43. The van der Waals surface area contributed by atoms with Crippen LogP contribution in [-0.2, 0) is 14.3 Å². The van der Waals surface area contributed by atoms with Gasteiger partial charge in [0.05, 0.1) is 12.0 Å². The Kier molecular flexibility index (Phi) is 3.21. The van der Waals surface area contributed by atoms with Gasteiger partial charge in [-0.05, 0) is 0 Å². The first kappa shape index (κ1) is 11.4. The van der Waals surface area contributed by atoms with Crippen LogP contribution in [0.3, 0.4) is 0 Å². The summed E-state index contributed by atoms with van der Waals surface area (Å²) in [6.45, 7) is 0. The van der Waals surface area contributed by atoms with Gasteiger partial charge < -0.3 is 9.47 Å². The number of carbonyl (C=O) groups excluding carboxylic acids is 1. The van der Waals surface area contributed by atoms with Crippen molar-refractivity contribution in [3.05, 3.63) is 34.0 Å². The van der Waals surface area contributed by atoms with E-state index in [4.69, 9.17) is 4.74 Å². The van der Waals surface area contributed by atoms with Crippen molar-refractivity contribution >= 4 is 5.97 Å². The van der Waals surface area contributed by atoms with E-state index < -0.39 is 16.5 Å². The number of methoxy groups -OCH3 is 2. The molecule has 0 radical (unpaired) electrons. The van der Waals surface area contributed by atoms with E-state index in [9.17, 15) is 14.9 Å². The molecular formula is C9H11NO5. The number of nitro groups is 1. The van der Waals surface area contributed by atoms with Crippen LogP contribution >= 0.6 is 0 Å². The summed E-state index contributed by atoms with van der Waals surface area (Å²) in [5, 5.41) is 10.5. The molecule has 0 N–H and O–H groups in total. The summed E-state index contributed by atoms with van der Waals surface area (Å²) in [5.74, 6) is -0.645. The second-order valence-corrected chi connectivity index (χ2v) is 3.02. The van der Waals surface area contributed by atoms with E-state index in [1.165, 1.54) is 32.4 Å². The molecule has 0 aromatic rings. The zero-order chi connectivity index (χ0) is 11.5. The lowest BCUT2D eigenvalue weighted by Crippen LogP contribution is -2.41. The molecule has 1 rings (SSSR count). The van der Waals surface area contributed by atoms with E-state index in [2.05, 4.69) is 4.74 Å². The Morgan fingerprint density at radius 2 is 2.27 bits per heavy atom. The quantitative estimate of drug-likeness (QED) is 0.391. The van der Waals surface area contributed by atoms with Gasteiger partial charge in [-0.15, -0.1) is 0 Å². The van der Waals surface area contributed by atoms with E-state index in [0.29, 0.717) is 0 Å². The van der Waals surface area contributed by atoms with Crippen molar-refractivity contribution in [1.29, 1.82) is 0 Å². The predicted molar refractivity (Wildman–Crippen MR) is 50.6 cm³/mol. The highest BCUT2D eigenvalue weighted by Gasteiger charge is 2.40. The standard InChI is InChI=1S/C9H11NO5/c1-14-8(11)9(15-2)5-3-4-7(6-9)10(12)13/h3-4,6H,5H2,1-2H3. The van der Waals surface area contributed by atoms with Crippen molar-refractivity contribution in [1.82, 2.24) is 0 Å². The van der Waals surface area contributed by atoms with Crippen LogP contribution in [0.2, 0.25) is 0 Å². The van der Waals surface area contributed by atoms with Crippen LogP contribution in [0, 0.1) is 10.1 Å². The maximum absolute atomic E-state index is 11.4. The Balaban J connectivity index is 3.08. The largest absolute Gasteiger partial charge is 0.467 e. The van der Waals surface area contributed by atoms with Gasteiger partial charge in [0.15, 0.2) is 5.60 Å². The first-order valence-corrected chi connectivity index (χ1v) is 4.23. The minimum Gasteiger partial charge on any atom is -0.467 e. The molecule has 0 saturated heterocycles. The number of rotatable bonds is 3. The van der Waals surface area contributed by atoms with Gasteiger partial charge in [-0.25, -0.2) is 4.79 Å². The van der Waals surface area contributed by atoms with Crippen LogP contribution < -0.4 is 0 Å². The minimum atomic E-state index is -1.37. The van der Waals surface area contributed by atoms with E-state index in [1.54, 1.807) is 0 Å². The Labute approximate surface area is 86.3 Å². The Hall–Kier alpha value is -1.69. The summed E-state index contributed by atoms with van der Waals surface area (Å²) in [4.78, 5) is 21.4. The number of hydrogen-bond acceptors (Lipinski definition) is 5. The maximum atomic E-state index is 11.4. The first-order valence-electron chi connectivity index (χ1n) is 4.23. The predicted octanol–water partition coefficient (Wildman–Crippen LogP) is 0.665. The molecule has 1 aliphatic rings. The second kappa shape index (κ2) is 4.22. The summed E-state index contributed by atoms with van der Waals surface area (Å²) in [5.41, 5.74) is -1.54. The number of ether oxygens (including phenoxy) is 2. The molecule has 0 bridgehead atoms. The van der Waals surface area contributed by atoms with E-state index in [1.807, 2.05) is 0 Å². The van der Waals surface area contributed by atoms with Crippen LogP contribution in [0.1, 0.15) is 6.42 Å². The summed E-state index contributed by atoms with van der Waals surface area (Å²) < 4.78 is 9.55. The van der Waals surface area contributed by atoms with Gasteiger partial charge in [0.25, 0.3) is 5.70 Å². The lowest BCUT2D eigenvalue weighted by molar-refractivity contribution is -0.420. The molecule has 6 nitrogen and oxygen atoms in total. The molecule has 0 aromatic heterocycles. The molecule has 1 atom stereocenters. The summed E-state index contributed by atoms with van der Waals surface area (Å²) in [6, 6.07) is 0. The van der Waals surface area contributed by atoms with E-state index in [-0.39, 0.29) is 12.1 Å². The molecule has 15 heavy (non-hydrogen) atoms. The van der Waals surface area contributed by atoms with Crippen molar-refractivity contribution in [3.63, 3.8) is 0 Å². The minimum absolute atomic E-state index is 0.173. The smallest absolute Gasteiger partial charge is 0.342 e. The summed E-state index contributed by atoms with van der Waals surface area (Å²) in [6.07, 6.45) is 4.24. The fourth-order valence-electron chi connectivity index (χ4n) is 1.35. The first-order chi connectivity index (χ1) is 7.05. The molecule has 0 saturated carbocycles. The fraction of sp³-hybridized carbons (Fsp3) is 0.444. The molecule has 82 valence electrons. The number of carbonyl (C=O) groups is 1. The van der Waals surface area contributed by atoms with Crippen molar-refractivity contribution in [2.45, 2.75) is 12.0 Å². The SMILES string of the molecule is COC(=O)C1(OC)C=C([N+](=O)[O-])C=CC1. The lowest BCUT2D eigenvalue weighted by Gasteiger charge is -2.25. The monoisotopic (exact) mass is 213 g/mol. The normalized spacial score (nSPS) is 24.5. The number of nitrogens with zero attached hydrogens (tertiary/aromatic N) is 1. The molecule has 0 amide bonds. The van der Waals surface area contributed by atoms with Gasteiger partial charge in [-0.3, -0.25) is 10.1 Å². The van der Waals surface area contributed by atoms with Crippen LogP contribution in [0.5, 0.6) is 0 Å². The average molecular weight is 213 g/mol. The van der Waals surface area contributed by atoms with Crippen LogP contribution in [-0.4, -0.2) is 30.7 Å². The molecule has 1 unspecified atom stereocenters. The van der Waals surface area contributed by atoms with Crippen LogP contribution in [0.25, 0.3) is 0 Å². The van der Waals surface area contributed by atoms with Gasteiger partial charge in [-0.2, -0.15) is 0 Å². The van der Waals surface area contributed by atoms with Crippen molar-refractivity contribution in [3.8, 4) is 0 Å². The van der Waals surface area contributed by atoms with E-state index in [0.717, 1.165) is 0 Å². The summed E-state index contributed by atoms with van der Waals surface area (Å²) in [7, 11) is 2.52. The Morgan fingerprint density at radius 3 is 2.73 bits per heavy atom. The molecule has 6 heteroatoms. The number of allylic oxidation sites excluding steroid dienone is 1. The van der Waals surface area contributed by atoms with Gasteiger partial charge in [0.2, 0.25) is 0 Å². The van der Waals surface area contributed by atoms with Gasteiger partial charge in [-0.1, -0.05) is 6.08 Å². The topological polar surface area (TPSA) is 78.7 Å². The van der Waals surface area contributed by atoms with Crippen LogP contribution in [0.4, 0.5) is 0 Å². The van der Waals surface area contributed by atoms with Gasteiger partial charge in [0, 0.05) is 25.7 Å². The lowest BCUT2D eigenvalue weighted by atomic mass is 9.94. The second-order valence-electron chi connectivity index (χ2n) is 3.02. The van der Waals surface area contributed by atoms with Gasteiger partial charge in [0.1, 0.15) is 0 Å². The third-order valence-electron chi connectivity index (χ3n) is 2.20. The van der Waals surface area contributed by atoms with Crippen molar-refractivity contribution in [2.24, 2.45) is 0 Å². The van der Waals surface area contributed by atoms with Crippen molar-refractivity contribution < 1.29 is 19.2 Å². The number of hydrogen-bond donors (Lipinski definition) is 0. The molecule has 0 aromatic carbocycles. The molecule has 0 fully saturated rings. The number of esters is 1. The molecular weight excluding hydrogens is 202 g/mol. The molecule has 0 aliphatic heterocycles. The maximum Gasteiger partial charge on any atom is 0.342 e. The Bertz CT molecular complexity index is 346. The van der Waals surface area contributed by atoms with Crippen LogP contribution in [0.15, 0.2) is 23.9 Å². The summed E-state index contributed by atoms with van der Waals surface area (Å²) >= 11 is 0. The van der Waals surface area contributed by atoms with Crippen molar-refractivity contribution in [2.75, 3.05) is 14.2 Å². The third kappa shape index (κ3) is 2.04.